The highest BCUT2D eigenvalue weighted by Gasteiger charge is 2.52. The Morgan fingerprint density at radius 1 is 0.750 bits per heavy atom. The van der Waals surface area contributed by atoms with Gasteiger partial charge in [-0.1, -0.05) is 88.4 Å². The zero-order chi connectivity index (χ0) is 21.3. The van der Waals surface area contributed by atoms with E-state index in [1.165, 1.54) is 77.0 Å². The summed E-state index contributed by atoms with van der Waals surface area (Å²) in [5.74, 6) is 0. The summed E-state index contributed by atoms with van der Waals surface area (Å²) in [6, 6.07) is 0. The van der Waals surface area contributed by atoms with E-state index >= 15 is 0 Å². The zero-order valence-corrected chi connectivity index (χ0v) is 20.6. The molecule has 0 bridgehead atoms. The average molecular weight is 415 g/mol. The Morgan fingerprint density at radius 3 is 1.57 bits per heavy atom. The Hall–Kier alpha value is -0.240. The molecule has 0 saturated carbocycles. The number of hydrogen-bond acceptors (Lipinski definition) is 2. The number of quaternary nitrogens is 1. The predicted molar refractivity (Wildman–Crippen MR) is 123 cm³/mol. The van der Waals surface area contributed by atoms with E-state index in [0.29, 0.717) is 10.9 Å². The molecule has 2 atom stereocenters. The van der Waals surface area contributed by atoms with Crippen LogP contribution in [-0.2, 0) is 4.57 Å². The van der Waals surface area contributed by atoms with Crippen LogP contribution in [0.15, 0.2) is 12.2 Å². The molecule has 28 heavy (non-hydrogen) atoms. The summed E-state index contributed by atoms with van der Waals surface area (Å²) in [6.07, 6.45) is 24.2. The van der Waals surface area contributed by atoms with E-state index in [1.807, 2.05) is 28.1 Å². The van der Waals surface area contributed by atoms with Crippen LogP contribution in [0.3, 0.4) is 0 Å². The van der Waals surface area contributed by atoms with Crippen molar-refractivity contribution in [2.75, 3.05) is 21.1 Å². The van der Waals surface area contributed by atoms with Gasteiger partial charge in [-0.3, -0.25) is 4.48 Å². The molecular weight excluding hydrogens is 365 g/mol. The Labute approximate surface area is 177 Å². The molecule has 0 fully saturated rings. The molecule has 0 amide bonds. The smallest absolute Gasteiger partial charge is 0.376 e. The quantitative estimate of drug-likeness (QED) is 0.0960. The van der Waals surface area contributed by atoms with Gasteiger partial charge in [-0.15, -0.1) is 0 Å². The standard InChI is InChI=1S/C24H49NO2P/c1-6-8-9-10-11-12-13-14-15-16-17-18-19-20-21-22-23-24(7-2,28(26)27)25(3,4)5/h16-17H,6-15,18-23H2,1-5H3/q+1/b17-16-. The highest BCUT2D eigenvalue weighted by molar-refractivity contribution is 7.38. The molecule has 0 radical (unpaired) electrons. The van der Waals surface area contributed by atoms with Crippen LogP contribution in [-0.4, -0.2) is 30.9 Å². The number of unbranched alkanes of at least 4 members (excludes halogenated alkanes) is 12. The summed E-state index contributed by atoms with van der Waals surface area (Å²) in [4.78, 5) is 11.9. The van der Waals surface area contributed by atoms with E-state index in [2.05, 4.69) is 19.1 Å². The van der Waals surface area contributed by atoms with E-state index in [1.54, 1.807) is 0 Å². The first kappa shape index (κ1) is 27.8. The maximum atomic E-state index is 11.9. The molecule has 0 heterocycles. The summed E-state index contributed by atoms with van der Waals surface area (Å²) >= 11 is 0. The summed E-state index contributed by atoms with van der Waals surface area (Å²) in [5, 5.41) is -0.606. The molecule has 0 aromatic rings. The number of hydrogen-bond donors (Lipinski definition) is 0. The van der Waals surface area contributed by atoms with Crippen molar-refractivity contribution in [1.82, 2.24) is 0 Å². The molecule has 0 aromatic carbocycles. The lowest BCUT2D eigenvalue weighted by Crippen LogP contribution is -2.55. The molecule has 0 aliphatic carbocycles. The van der Waals surface area contributed by atoms with Crippen LogP contribution in [0.5, 0.6) is 0 Å². The van der Waals surface area contributed by atoms with Crippen LogP contribution < -0.4 is 4.89 Å². The first-order valence-corrected chi connectivity index (χ1v) is 13.1. The number of nitrogens with zero attached hydrogens (tertiary/aromatic N) is 1. The van der Waals surface area contributed by atoms with Gasteiger partial charge in [0.25, 0.3) is 5.28 Å². The third-order valence-electron chi connectivity index (χ3n) is 6.24. The molecular formula is C24H49NO2P+. The first-order chi connectivity index (χ1) is 13.3. The fourth-order valence-electron chi connectivity index (χ4n) is 4.11. The molecule has 4 heteroatoms. The SMILES string of the molecule is CCCCCCCCCC/C=C\CCCCCCC(CC)([P+](=O)[O-])[N+](C)(C)C. The van der Waals surface area contributed by atoms with Gasteiger partial charge in [0.2, 0.25) is 0 Å². The van der Waals surface area contributed by atoms with Crippen LogP contribution in [0.25, 0.3) is 0 Å². The van der Waals surface area contributed by atoms with Gasteiger partial charge >= 0.3 is 8.03 Å². The minimum atomic E-state index is -2.42. The van der Waals surface area contributed by atoms with Gasteiger partial charge in [-0.05, 0) is 32.1 Å². The molecule has 166 valence electrons. The summed E-state index contributed by atoms with van der Waals surface area (Å²) in [6.45, 7) is 4.28. The summed E-state index contributed by atoms with van der Waals surface area (Å²) < 4.78 is 12.4. The molecule has 3 nitrogen and oxygen atoms in total. The van der Waals surface area contributed by atoms with Crippen molar-refractivity contribution in [2.45, 2.75) is 122 Å². The van der Waals surface area contributed by atoms with Crippen molar-refractivity contribution < 1.29 is 13.9 Å². The van der Waals surface area contributed by atoms with Crippen molar-refractivity contribution in [3.63, 3.8) is 0 Å². The van der Waals surface area contributed by atoms with E-state index in [0.717, 1.165) is 19.3 Å². The van der Waals surface area contributed by atoms with Crippen LogP contribution in [0.2, 0.25) is 0 Å². The van der Waals surface area contributed by atoms with Crippen molar-refractivity contribution in [2.24, 2.45) is 0 Å². The van der Waals surface area contributed by atoms with Gasteiger partial charge in [-0.2, -0.15) is 0 Å². The number of allylic oxidation sites excluding steroid dienone is 2. The van der Waals surface area contributed by atoms with Gasteiger partial charge in [0.15, 0.2) is 0 Å². The monoisotopic (exact) mass is 414 g/mol. The third-order valence-corrected chi connectivity index (χ3v) is 8.06. The molecule has 0 saturated heterocycles. The molecule has 0 aromatic heterocycles. The minimum absolute atomic E-state index is 0.504. The van der Waals surface area contributed by atoms with Crippen molar-refractivity contribution in [3.05, 3.63) is 12.2 Å². The second-order valence-electron chi connectivity index (χ2n) is 9.29. The Balaban J connectivity index is 3.68. The molecule has 0 rings (SSSR count). The Morgan fingerprint density at radius 2 is 1.18 bits per heavy atom. The Bertz CT molecular complexity index is 417. The van der Waals surface area contributed by atoms with Crippen molar-refractivity contribution in [1.29, 1.82) is 0 Å². The molecule has 0 aliphatic rings. The van der Waals surface area contributed by atoms with E-state index < -0.39 is 13.3 Å². The molecule has 0 aliphatic heterocycles. The second kappa shape index (κ2) is 16.5. The van der Waals surface area contributed by atoms with Crippen molar-refractivity contribution in [3.8, 4) is 0 Å². The Kier molecular flexibility index (Phi) is 16.4. The van der Waals surface area contributed by atoms with Crippen molar-refractivity contribution >= 4 is 8.03 Å². The second-order valence-corrected chi connectivity index (χ2v) is 10.6. The average Bonchev–Trinajstić information content (AvgIpc) is 2.63. The van der Waals surface area contributed by atoms with Gasteiger partial charge in [0.05, 0.1) is 21.1 Å². The van der Waals surface area contributed by atoms with Crippen LogP contribution in [0.1, 0.15) is 117 Å². The lowest BCUT2D eigenvalue weighted by Gasteiger charge is -2.39. The zero-order valence-electron chi connectivity index (χ0n) is 19.7. The van der Waals surface area contributed by atoms with Gasteiger partial charge < -0.3 is 4.89 Å². The van der Waals surface area contributed by atoms with E-state index in [4.69, 9.17) is 0 Å². The lowest BCUT2D eigenvalue weighted by atomic mass is 10.0. The van der Waals surface area contributed by atoms with E-state index in [9.17, 15) is 9.46 Å². The fraction of sp³-hybridized carbons (Fsp3) is 0.917. The normalized spacial score (nSPS) is 15.1. The summed E-state index contributed by atoms with van der Waals surface area (Å²) in [5.41, 5.74) is 0. The van der Waals surface area contributed by atoms with Gasteiger partial charge in [0, 0.05) is 12.8 Å². The summed E-state index contributed by atoms with van der Waals surface area (Å²) in [7, 11) is 3.60. The lowest BCUT2D eigenvalue weighted by molar-refractivity contribution is -0.910. The third kappa shape index (κ3) is 11.7. The minimum Gasteiger partial charge on any atom is -0.590 e. The molecule has 0 spiro atoms. The van der Waals surface area contributed by atoms with E-state index in [-0.39, 0.29) is 0 Å². The van der Waals surface area contributed by atoms with Gasteiger partial charge in [-0.25, -0.2) is 0 Å². The maximum absolute atomic E-state index is 11.9. The highest BCUT2D eigenvalue weighted by Crippen LogP contribution is 2.44. The fourth-order valence-corrected chi connectivity index (χ4v) is 5.20. The molecule has 0 N–H and O–H groups in total. The largest absolute Gasteiger partial charge is 0.590 e. The molecule has 2 unspecified atom stereocenters. The van der Waals surface area contributed by atoms with Crippen LogP contribution in [0, 0.1) is 0 Å². The topological polar surface area (TPSA) is 40.1 Å². The first-order valence-electron chi connectivity index (χ1n) is 11.9. The maximum Gasteiger partial charge on any atom is 0.376 e. The van der Waals surface area contributed by atoms with Crippen LogP contribution >= 0.6 is 8.03 Å². The highest BCUT2D eigenvalue weighted by atomic mass is 31.1. The van der Waals surface area contributed by atoms with Crippen LogP contribution in [0.4, 0.5) is 0 Å². The predicted octanol–water partition coefficient (Wildman–Crippen LogP) is 7.33. The number of rotatable bonds is 19. The van der Waals surface area contributed by atoms with Gasteiger partial charge in [0.1, 0.15) is 0 Å².